The van der Waals surface area contributed by atoms with Crippen molar-refractivity contribution in [3.05, 3.63) is 58.0 Å². The van der Waals surface area contributed by atoms with Gasteiger partial charge in [-0.05, 0) is 45.2 Å². The molecule has 7 nitrogen and oxygen atoms in total. The Balaban J connectivity index is 1.57. The second kappa shape index (κ2) is 7.42. The number of benzene rings is 1. The third-order valence-electron chi connectivity index (χ3n) is 5.13. The quantitative estimate of drug-likeness (QED) is 0.743. The van der Waals surface area contributed by atoms with E-state index in [2.05, 4.69) is 39.4 Å². The van der Waals surface area contributed by atoms with Crippen LogP contribution in [-0.2, 0) is 6.42 Å². The third-order valence-corrected chi connectivity index (χ3v) is 5.39. The largest absolute Gasteiger partial charge is 0.339 e. The highest BCUT2D eigenvalue weighted by Gasteiger charge is 2.26. The predicted molar refractivity (Wildman–Crippen MR) is 103 cm³/mol. The number of piperazine rings is 1. The maximum absolute atomic E-state index is 5.99. The molecule has 1 saturated heterocycles. The highest BCUT2D eigenvalue weighted by molar-refractivity contribution is 6.30. The lowest BCUT2D eigenvalue weighted by atomic mass is 10.1. The molecular weight excluding hydrogens is 364 g/mol. The van der Waals surface area contributed by atoms with Crippen molar-refractivity contribution in [1.82, 2.24) is 30.1 Å². The van der Waals surface area contributed by atoms with E-state index in [1.165, 1.54) is 0 Å². The Bertz CT molecular complexity index is 932. The van der Waals surface area contributed by atoms with Crippen LogP contribution in [0.5, 0.6) is 0 Å². The summed E-state index contributed by atoms with van der Waals surface area (Å²) in [4.78, 5) is 6.89. The molecular formula is C19H23ClN6O. The van der Waals surface area contributed by atoms with Crippen LogP contribution in [0, 0.1) is 13.8 Å². The molecule has 0 bridgehead atoms. The summed E-state index contributed by atoms with van der Waals surface area (Å²) in [5.41, 5.74) is 4.10. The number of nitrogens with zero attached hydrogens (tertiary/aromatic N) is 5. The summed E-state index contributed by atoms with van der Waals surface area (Å²) in [6.07, 6.45) is 0.572. The van der Waals surface area contributed by atoms with E-state index in [9.17, 15) is 0 Å². The molecule has 1 N–H and O–H groups in total. The van der Waals surface area contributed by atoms with Crippen LogP contribution in [0.2, 0.25) is 5.02 Å². The summed E-state index contributed by atoms with van der Waals surface area (Å²) in [6.45, 7) is 6.85. The summed E-state index contributed by atoms with van der Waals surface area (Å²) < 4.78 is 7.47. The average Bonchev–Trinajstić information content (AvgIpc) is 3.23. The minimum Gasteiger partial charge on any atom is -0.339 e. The Hall–Kier alpha value is -2.22. The highest BCUT2D eigenvalue weighted by atomic mass is 35.5. The monoisotopic (exact) mass is 386 g/mol. The molecule has 142 valence electrons. The highest BCUT2D eigenvalue weighted by Crippen LogP contribution is 2.23. The van der Waals surface area contributed by atoms with E-state index in [-0.39, 0.29) is 6.04 Å². The van der Waals surface area contributed by atoms with Crippen molar-refractivity contribution in [2.24, 2.45) is 0 Å². The summed E-state index contributed by atoms with van der Waals surface area (Å²) in [5.74, 6) is 1.35. The number of nitrogens with one attached hydrogen (secondary N) is 1. The van der Waals surface area contributed by atoms with Crippen LogP contribution in [0.25, 0.3) is 5.69 Å². The fourth-order valence-corrected chi connectivity index (χ4v) is 3.61. The Morgan fingerprint density at radius 1 is 1.26 bits per heavy atom. The van der Waals surface area contributed by atoms with Gasteiger partial charge in [0.1, 0.15) is 0 Å². The van der Waals surface area contributed by atoms with Crippen molar-refractivity contribution in [1.29, 1.82) is 0 Å². The molecule has 4 rings (SSSR count). The van der Waals surface area contributed by atoms with Gasteiger partial charge in [-0.1, -0.05) is 16.8 Å². The van der Waals surface area contributed by atoms with Gasteiger partial charge in [0.25, 0.3) is 0 Å². The van der Waals surface area contributed by atoms with Gasteiger partial charge in [-0.15, -0.1) is 0 Å². The van der Waals surface area contributed by atoms with Gasteiger partial charge in [0.2, 0.25) is 5.89 Å². The number of aromatic nitrogens is 4. The molecule has 1 atom stereocenters. The zero-order valence-electron chi connectivity index (χ0n) is 15.7. The maximum Gasteiger partial charge on any atom is 0.231 e. The van der Waals surface area contributed by atoms with Crippen LogP contribution in [0.4, 0.5) is 0 Å². The Kier molecular flexibility index (Phi) is 4.99. The first-order chi connectivity index (χ1) is 13.0. The van der Waals surface area contributed by atoms with E-state index < -0.39 is 0 Å². The van der Waals surface area contributed by atoms with E-state index in [1.54, 1.807) is 0 Å². The van der Waals surface area contributed by atoms with Gasteiger partial charge in [-0.25, -0.2) is 4.68 Å². The maximum atomic E-state index is 5.99. The summed E-state index contributed by atoms with van der Waals surface area (Å²) >= 11 is 5.99. The molecule has 1 aliphatic heterocycles. The van der Waals surface area contributed by atoms with Crippen LogP contribution >= 0.6 is 11.6 Å². The molecule has 1 aliphatic rings. The first-order valence-electron chi connectivity index (χ1n) is 9.07. The standard InChI is InChI=1S/C19H23ClN6O/c1-12-16(13(2)26(23-12)15-6-4-14(20)5-7-15)10-18-22-19(24-27-18)17-11-21-8-9-25(17)3/h4-7,17,21H,8-11H2,1-3H3. The van der Waals surface area contributed by atoms with Crippen molar-refractivity contribution in [3.8, 4) is 5.69 Å². The predicted octanol–water partition coefficient (Wildman–Crippen LogP) is 2.69. The van der Waals surface area contributed by atoms with Gasteiger partial charge in [-0.2, -0.15) is 10.1 Å². The second-order valence-electron chi connectivity index (χ2n) is 6.96. The summed E-state index contributed by atoms with van der Waals surface area (Å²) in [7, 11) is 2.09. The first kappa shape index (κ1) is 18.2. The lowest BCUT2D eigenvalue weighted by Gasteiger charge is -2.30. The molecule has 3 heterocycles. The zero-order chi connectivity index (χ0) is 19.0. The number of rotatable bonds is 4. The average molecular weight is 387 g/mol. The molecule has 8 heteroatoms. The molecule has 27 heavy (non-hydrogen) atoms. The molecule has 0 aliphatic carbocycles. The molecule has 2 aromatic heterocycles. The Labute approximate surface area is 163 Å². The molecule has 0 amide bonds. The summed E-state index contributed by atoms with van der Waals surface area (Å²) in [5, 5.41) is 13.0. The van der Waals surface area contributed by atoms with Gasteiger partial charge >= 0.3 is 0 Å². The van der Waals surface area contributed by atoms with Crippen LogP contribution in [0.1, 0.15) is 34.7 Å². The smallest absolute Gasteiger partial charge is 0.231 e. The van der Waals surface area contributed by atoms with Crippen LogP contribution in [-0.4, -0.2) is 51.5 Å². The molecule has 0 saturated carbocycles. The SMILES string of the molecule is Cc1nn(-c2ccc(Cl)cc2)c(C)c1Cc1nc(C2CNCCN2C)no1. The van der Waals surface area contributed by atoms with Gasteiger partial charge in [-0.3, -0.25) is 4.90 Å². The molecule has 3 aromatic rings. The molecule has 1 aromatic carbocycles. The van der Waals surface area contributed by atoms with Crippen LogP contribution < -0.4 is 5.32 Å². The fraction of sp³-hybridized carbons (Fsp3) is 0.421. The van der Waals surface area contributed by atoms with Crippen molar-refractivity contribution >= 4 is 11.6 Å². The van der Waals surface area contributed by atoms with Gasteiger partial charge in [0.15, 0.2) is 5.82 Å². The van der Waals surface area contributed by atoms with Crippen molar-refractivity contribution < 1.29 is 4.52 Å². The second-order valence-corrected chi connectivity index (χ2v) is 7.40. The van der Waals surface area contributed by atoms with Crippen molar-refractivity contribution in [2.75, 3.05) is 26.7 Å². The summed E-state index contributed by atoms with van der Waals surface area (Å²) in [6, 6.07) is 7.80. The van der Waals surface area contributed by atoms with Gasteiger partial charge in [0, 0.05) is 35.9 Å². The number of hydrogen-bond acceptors (Lipinski definition) is 6. The lowest BCUT2D eigenvalue weighted by molar-refractivity contribution is 0.190. The molecule has 0 spiro atoms. The number of aryl methyl sites for hydroxylation is 1. The van der Waals surface area contributed by atoms with Crippen molar-refractivity contribution in [3.63, 3.8) is 0 Å². The number of halogens is 1. The first-order valence-corrected chi connectivity index (χ1v) is 9.45. The van der Waals surface area contributed by atoms with E-state index in [0.717, 1.165) is 48.1 Å². The zero-order valence-corrected chi connectivity index (χ0v) is 16.5. The lowest BCUT2D eigenvalue weighted by Crippen LogP contribution is -2.44. The number of likely N-dealkylation sites (N-methyl/N-ethyl adjacent to an activating group) is 1. The van der Waals surface area contributed by atoms with Gasteiger partial charge < -0.3 is 9.84 Å². The molecule has 1 fully saturated rings. The van der Waals surface area contributed by atoms with Crippen molar-refractivity contribution in [2.45, 2.75) is 26.3 Å². The van der Waals surface area contributed by atoms with E-state index in [0.29, 0.717) is 17.3 Å². The van der Waals surface area contributed by atoms with E-state index in [1.807, 2.05) is 35.9 Å². The minimum atomic E-state index is 0.148. The topological polar surface area (TPSA) is 72.0 Å². The van der Waals surface area contributed by atoms with Crippen LogP contribution in [0.3, 0.4) is 0 Å². The van der Waals surface area contributed by atoms with Crippen LogP contribution in [0.15, 0.2) is 28.8 Å². The Morgan fingerprint density at radius 2 is 2.04 bits per heavy atom. The number of hydrogen-bond donors (Lipinski definition) is 1. The molecule has 0 radical (unpaired) electrons. The fourth-order valence-electron chi connectivity index (χ4n) is 3.49. The third kappa shape index (κ3) is 3.63. The van der Waals surface area contributed by atoms with Gasteiger partial charge in [0.05, 0.1) is 23.8 Å². The normalized spacial score (nSPS) is 18.1. The van der Waals surface area contributed by atoms with E-state index in [4.69, 9.17) is 16.1 Å². The Morgan fingerprint density at radius 3 is 2.78 bits per heavy atom. The minimum absolute atomic E-state index is 0.148. The molecule has 1 unspecified atom stereocenters. The van der Waals surface area contributed by atoms with E-state index >= 15 is 0 Å².